The monoisotopic (exact) mass is 422 g/mol. The van der Waals surface area contributed by atoms with Gasteiger partial charge in [0.05, 0.1) is 0 Å². The van der Waals surface area contributed by atoms with E-state index in [4.69, 9.17) is 0 Å². The highest BCUT2D eigenvalue weighted by molar-refractivity contribution is 6.45. The number of para-hydroxylation sites is 1. The molecule has 1 aliphatic heterocycles. The summed E-state index contributed by atoms with van der Waals surface area (Å²) < 4.78 is 0. The Kier molecular flexibility index (Phi) is 6.16. The molecule has 31 heavy (non-hydrogen) atoms. The topological polar surface area (TPSA) is 103 Å². The van der Waals surface area contributed by atoms with Crippen LogP contribution in [0.25, 0.3) is 10.9 Å². The van der Waals surface area contributed by atoms with Gasteiger partial charge in [-0.2, -0.15) is 0 Å². The van der Waals surface area contributed by atoms with Crippen LogP contribution >= 0.6 is 0 Å². The molecule has 1 aliphatic carbocycles. The average Bonchev–Trinajstić information content (AvgIpc) is 3.28. The van der Waals surface area contributed by atoms with E-state index in [1.165, 1.54) is 5.57 Å². The summed E-state index contributed by atoms with van der Waals surface area (Å²) in [6, 6.07) is 7.18. The van der Waals surface area contributed by atoms with Crippen LogP contribution in [0.1, 0.15) is 37.7 Å². The number of imide groups is 2. The van der Waals surface area contributed by atoms with Crippen molar-refractivity contribution in [2.24, 2.45) is 0 Å². The van der Waals surface area contributed by atoms with Crippen LogP contribution < -0.4 is 5.32 Å². The predicted octanol–water partition coefficient (Wildman–Crippen LogP) is 2.51. The zero-order chi connectivity index (χ0) is 21.8. The van der Waals surface area contributed by atoms with Crippen LogP contribution in [0.4, 0.5) is 4.79 Å². The fraction of sp³-hybridized carbons (Fsp3) is 0.391. The summed E-state index contributed by atoms with van der Waals surface area (Å²) in [5.74, 6) is -2.26. The minimum absolute atomic E-state index is 0.175. The van der Waals surface area contributed by atoms with Gasteiger partial charge in [0, 0.05) is 30.2 Å². The van der Waals surface area contributed by atoms with Gasteiger partial charge in [-0.1, -0.05) is 29.8 Å². The van der Waals surface area contributed by atoms with Crippen molar-refractivity contribution in [3.8, 4) is 0 Å². The third-order valence-corrected chi connectivity index (χ3v) is 5.87. The number of urea groups is 1. The molecule has 5 amide bonds. The number of aromatic amines is 1. The molecular weight excluding hydrogens is 396 g/mol. The Balaban J connectivity index is 1.28. The standard InChI is InChI=1S/C23H26N4O4/c28-20(24-12-10-17-14-25-19-9-5-4-8-18(17)19)15-27-22(30)21(29)26(23(27)31)13-11-16-6-2-1-3-7-16/h4-6,8-9,14,25H,1-3,7,10-13,15H2,(H,24,28). The second-order valence-corrected chi connectivity index (χ2v) is 7.95. The molecule has 8 heteroatoms. The van der Waals surface area contributed by atoms with Gasteiger partial charge >= 0.3 is 17.8 Å². The van der Waals surface area contributed by atoms with Crippen LogP contribution in [0.3, 0.4) is 0 Å². The molecule has 1 saturated heterocycles. The lowest BCUT2D eigenvalue weighted by Crippen LogP contribution is -2.42. The Morgan fingerprint density at radius 1 is 1.03 bits per heavy atom. The largest absolute Gasteiger partial charge is 0.361 e. The summed E-state index contributed by atoms with van der Waals surface area (Å²) in [5.41, 5.74) is 3.31. The van der Waals surface area contributed by atoms with Gasteiger partial charge in [0.2, 0.25) is 5.91 Å². The first-order valence-corrected chi connectivity index (χ1v) is 10.7. The molecule has 0 bridgehead atoms. The fourth-order valence-corrected chi connectivity index (χ4v) is 4.15. The zero-order valence-electron chi connectivity index (χ0n) is 17.4. The Labute approximate surface area is 180 Å². The van der Waals surface area contributed by atoms with E-state index >= 15 is 0 Å². The first kappa shape index (κ1) is 20.8. The Bertz CT molecular complexity index is 1050. The van der Waals surface area contributed by atoms with Crippen molar-refractivity contribution in [3.05, 3.63) is 47.7 Å². The number of amides is 5. The predicted molar refractivity (Wildman–Crippen MR) is 115 cm³/mol. The lowest BCUT2D eigenvalue weighted by molar-refractivity contribution is -0.144. The molecule has 8 nitrogen and oxygen atoms in total. The summed E-state index contributed by atoms with van der Waals surface area (Å²) in [6.07, 6.45) is 9.49. The number of allylic oxidation sites excluding steroid dienone is 1. The molecule has 1 aromatic carbocycles. The molecule has 0 saturated carbocycles. The fourth-order valence-electron chi connectivity index (χ4n) is 4.15. The van der Waals surface area contributed by atoms with E-state index in [9.17, 15) is 19.2 Å². The minimum Gasteiger partial charge on any atom is -0.361 e. The van der Waals surface area contributed by atoms with E-state index in [-0.39, 0.29) is 6.54 Å². The number of rotatable bonds is 8. The molecule has 2 aliphatic rings. The molecule has 0 radical (unpaired) electrons. The Morgan fingerprint density at radius 2 is 1.84 bits per heavy atom. The first-order valence-electron chi connectivity index (χ1n) is 10.7. The maximum absolute atomic E-state index is 12.5. The van der Waals surface area contributed by atoms with Gasteiger partial charge in [0.25, 0.3) is 0 Å². The number of hydrogen-bond acceptors (Lipinski definition) is 4. The van der Waals surface area contributed by atoms with Crippen molar-refractivity contribution in [2.75, 3.05) is 19.6 Å². The quantitative estimate of drug-likeness (QED) is 0.388. The van der Waals surface area contributed by atoms with Gasteiger partial charge in [-0.25, -0.2) is 9.69 Å². The van der Waals surface area contributed by atoms with Crippen LogP contribution in [0, 0.1) is 0 Å². The number of H-pyrrole nitrogens is 1. The summed E-state index contributed by atoms with van der Waals surface area (Å²) in [5, 5.41) is 3.82. The minimum atomic E-state index is -0.936. The second kappa shape index (κ2) is 9.16. The van der Waals surface area contributed by atoms with E-state index in [1.807, 2.05) is 30.5 Å². The third kappa shape index (κ3) is 4.52. The number of nitrogens with one attached hydrogen (secondary N) is 2. The molecular formula is C23H26N4O4. The molecule has 0 atom stereocenters. The van der Waals surface area contributed by atoms with Crippen molar-refractivity contribution in [3.63, 3.8) is 0 Å². The van der Waals surface area contributed by atoms with Gasteiger partial charge in [0.15, 0.2) is 0 Å². The normalized spacial score (nSPS) is 16.9. The average molecular weight is 422 g/mol. The van der Waals surface area contributed by atoms with Gasteiger partial charge in [-0.3, -0.25) is 19.3 Å². The van der Waals surface area contributed by atoms with Crippen LogP contribution in [-0.4, -0.2) is 58.2 Å². The molecule has 0 spiro atoms. The number of carbonyl (C=O) groups is 4. The van der Waals surface area contributed by atoms with Crippen LogP contribution in [0.15, 0.2) is 42.1 Å². The second-order valence-electron chi connectivity index (χ2n) is 7.95. The first-order chi connectivity index (χ1) is 15.0. The van der Waals surface area contributed by atoms with E-state index in [1.54, 1.807) is 0 Å². The smallest absolute Gasteiger partial charge is 0.334 e. The third-order valence-electron chi connectivity index (χ3n) is 5.87. The van der Waals surface area contributed by atoms with Crippen LogP contribution in [-0.2, 0) is 20.8 Å². The van der Waals surface area contributed by atoms with Gasteiger partial charge in [0.1, 0.15) is 6.54 Å². The van der Waals surface area contributed by atoms with E-state index in [2.05, 4.69) is 16.4 Å². The number of carbonyl (C=O) groups excluding carboxylic acids is 4. The van der Waals surface area contributed by atoms with Gasteiger partial charge < -0.3 is 10.3 Å². The highest BCUT2D eigenvalue weighted by Gasteiger charge is 2.44. The van der Waals surface area contributed by atoms with E-state index < -0.39 is 30.3 Å². The maximum Gasteiger partial charge on any atom is 0.334 e. The molecule has 4 rings (SSSR count). The number of fused-ring (bicyclic) bond motifs is 1. The SMILES string of the molecule is O=C(CN1C(=O)C(=O)N(CCC2=CCCCC2)C1=O)NCCc1c[nH]c2ccccc12. The van der Waals surface area contributed by atoms with Crippen molar-refractivity contribution < 1.29 is 19.2 Å². The summed E-state index contributed by atoms with van der Waals surface area (Å²) >= 11 is 0. The maximum atomic E-state index is 12.5. The van der Waals surface area contributed by atoms with E-state index in [0.717, 1.165) is 51.9 Å². The Hall–Kier alpha value is -3.42. The molecule has 1 fully saturated rings. The highest BCUT2D eigenvalue weighted by Crippen LogP contribution is 2.22. The number of hydrogen-bond donors (Lipinski definition) is 2. The molecule has 2 N–H and O–H groups in total. The molecule has 1 aromatic heterocycles. The van der Waals surface area contributed by atoms with Gasteiger partial charge in [-0.15, -0.1) is 0 Å². The van der Waals surface area contributed by atoms with Crippen molar-refractivity contribution in [1.82, 2.24) is 20.1 Å². The van der Waals surface area contributed by atoms with Crippen molar-refractivity contribution in [2.45, 2.75) is 38.5 Å². The van der Waals surface area contributed by atoms with Crippen LogP contribution in [0.2, 0.25) is 0 Å². The summed E-state index contributed by atoms with van der Waals surface area (Å²) in [6.45, 7) is 0.0904. The van der Waals surface area contributed by atoms with E-state index in [0.29, 0.717) is 19.4 Å². The molecule has 2 aromatic rings. The number of benzene rings is 1. The lowest BCUT2D eigenvalue weighted by Gasteiger charge is -2.17. The van der Waals surface area contributed by atoms with Crippen molar-refractivity contribution in [1.29, 1.82) is 0 Å². The lowest BCUT2D eigenvalue weighted by atomic mass is 9.97. The summed E-state index contributed by atoms with van der Waals surface area (Å²) in [7, 11) is 0. The molecule has 2 heterocycles. The molecule has 0 unspecified atom stereocenters. The number of nitrogens with zero attached hydrogens (tertiary/aromatic N) is 2. The molecule has 162 valence electrons. The van der Waals surface area contributed by atoms with Crippen molar-refractivity contribution >= 4 is 34.7 Å². The zero-order valence-corrected chi connectivity index (χ0v) is 17.4. The highest BCUT2D eigenvalue weighted by atomic mass is 16.2. The Morgan fingerprint density at radius 3 is 2.65 bits per heavy atom. The summed E-state index contributed by atoms with van der Waals surface area (Å²) in [4.78, 5) is 54.2. The van der Waals surface area contributed by atoms with Gasteiger partial charge in [-0.05, 0) is 50.2 Å². The number of aromatic nitrogens is 1. The van der Waals surface area contributed by atoms with Crippen LogP contribution in [0.5, 0.6) is 0 Å².